The lowest BCUT2D eigenvalue weighted by Gasteiger charge is -2.43. The average Bonchev–Trinajstić information content (AvgIpc) is 2.38. The lowest BCUT2D eigenvalue weighted by atomic mass is 9.76. The van der Waals surface area contributed by atoms with Gasteiger partial charge in [-0.3, -0.25) is 4.90 Å². The first-order valence-electron chi connectivity index (χ1n) is 7.19. The van der Waals surface area contributed by atoms with Crippen molar-refractivity contribution < 1.29 is 5.11 Å². The number of phenolic OH excluding ortho intramolecular Hbond substituents is 1. The minimum absolute atomic E-state index is 0. The zero-order valence-corrected chi connectivity index (χ0v) is 15.1. The van der Waals surface area contributed by atoms with Crippen LogP contribution in [0.5, 0.6) is 5.75 Å². The van der Waals surface area contributed by atoms with Crippen LogP contribution >= 0.6 is 40.7 Å². The average molecular weight is 398 g/mol. The Labute approximate surface area is 147 Å². The van der Waals surface area contributed by atoms with Crippen molar-refractivity contribution in [3.05, 3.63) is 28.2 Å². The Morgan fingerprint density at radius 1 is 1.19 bits per heavy atom. The summed E-state index contributed by atoms with van der Waals surface area (Å²) in [5, 5.41) is 13.8. The minimum Gasteiger partial charge on any atom is -0.506 e. The molecular formula is C15H23BrCl2N2O. The van der Waals surface area contributed by atoms with Crippen LogP contribution in [0, 0.1) is 5.92 Å². The fourth-order valence-electron chi connectivity index (χ4n) is 3.24. The highest BCUT2D eigenvalue weighted by molar-refractivity contribution is 9.10. The van der Waals surface area contributed by atoms with Crippen LogP contribution in [0.25, 0.3) is 0 Å². The van der Waals surface area contributed by atoms with Gasteiger partial charge in [0.1, 0.15) is 5.75 Å². The van der Waals surface area contributed by atoms with Crippen molar-refractivity contribution in [2.75, 3.05) is 26.2 Å². The van der Waals surface area contributed by atoms with Gasteiger partial charge in [0.25, 0.3) is 0 Å². The van der Waals surface area contributed by atoms with Gasteiger partial charge in [-0.05, 0) is 40.8 Å². The van der Waals surface area contributed by atoms with Gasteiger partial charge in [0.2, 0.25) is 0 Å². The van der Waals surface area contributed by atoms with Gasteiger partial charge in [-0.2, -0.15) is 0 Å². The third-order valence-corrected chi connectivity index (χ3v) is 5.12. The number of nitrogens with zero attached hydrogens (tertiary/aromatic N) is 1. The summed E-state index contributed by atoms with van der Waals surface area (Å²) in [4.78, 5) is 2.54. The van der Waals surface area contributed by atoms with Gasteiger partial charge in [-0.15, -0.1) is 24.8 Å². The number of phenols is 1. The lowest BCUT2D eigenvalue weighted by Crippen LogP contribution is -2.47. The number of hydrogen-bond donors (Lipinski definition) is 2. The molecule has 21 heavy (non-hydrogen) atoms. The van der Waals surface area contributed by atoms with Gasteiger partial charge in [-0.1, -0.05) is 18.6 Å². The van der Waals surface area contributed by atoms with E-state index in [1.165, 1.54) is 19.3 Å². The van der Waals surface area contributed by atoms with Crippen LogP contribution in [0.1, 0.15) is 30.9 Å². The maximum atomic E-state index is 10.4. The predicted molar refractivity (Wildman–Crippen MR) is 94.8 cm³/mol. The first-order chi connectivity index (χ1) is 9.27. The molecule has 1 atom stereocenters. The molecule has 0 aromatic heterocycles. The summed E-state index contributed by atoms with van der Waals surface area (Å²) in [7, 11) is 0. The van der Waals surface area contributed by atoms with Gasteiger partial charge >= 0.3 is 0 Å². The molecule has 120 valence electrons. The number of piperazine rings is 1. The van der Waals surface area contributed by atoms with Crippen molar-refractivity contribution in [3.63, 3.8) is 0 Å². The summed E-state index contributed by atoms with van der Waals surface area (Å²) < 4.78 is 0.810. The number of halogens is 3. The second kappa shape index (κ2) is 8.59. The summed E-state index contributed by atoms with van der Waals surface area (Å²) >= 11 is 3.45. The van der Waals surface area contributed by atoms with Crippen LogP contribution in [0.3, 0.4) is 0 Å². The zero-order valence-electron chi connectivity index (χ0n) is 11.9. The summed E-state index contributed by atoms with van der Waals surface area (Å²) in [5.41, 5.74) is 1.10. The van der Waals surface area contributed by atoms with E-state index >= 15 is 0 Å². The molecule has 2 fully saturated rings. The van der Waals surface area contributed by atoms with Gasteiger partial charge in [0.05, 0.1) is 4.47 Å². The first kappa shape index (κ1) is 19.0. The molecule has 1 saturated carbocycles. The molecule has 2 N–H and O–H groups in total. The molecule has 3 rings (SSSR count). The van der Waals surface area contributed by atoms with Gasteiger partial charge in [0, 0.05) is 37.8 Å². The molecule has 1 aromatic rings. The molecule has 2 aliphatic rings. The molecule has 1 aliphatic heterocycles. The van der Waals surface area contributed by atoms with Gasteiger partial charge < -0.3 is 10.4 Å². The second-order valence-electron chi connectivity index (χ2n) is 5.60. The maximum absolute atomic E-state index is 10.4. The summed E-state index contributed by atoms with van der Waals surface area (Å²) in [6.45, 7) is 4.26. The third kappa shape index (κ3) is 4.05. The van der Waals surface area contributed by atoms with E-state index in [0.717, 1.165) is 36.2 Å². The van der Waals surface area contributed by atoms with E-state index in [4.69, 9.17) is 0 Å². The topological polar surface area (TPSA) is 35.5 Å². The lowest BCUT2D eigenvalue weighted by molar-refractivity contribution is 0.0819. The third-order valence-electron chi connectivity index (χ3n) is 4.48. The molecule has 1 heterocycles. The normalized spacial score (nSPS) is 20.8. The second-order valence-corrected chi connectivity index (χ2v) is 6.45. The minimum atomic E-state index is 0. The fraction of sp³-hybridized carbons (Fsp3) is 0.600. The molecular weight excluding hydrogens is 375 g/mol. The van der Waals surface area contributed by atoms with Crippen molar-refractivity contribution in [2.45, 2.75) is 25.3 Å². The quantitative estimate of drug-likeness (QED) is 0.815. The van der Waals surface area contributed by atoms with Crippen LogP contribution in [-0.2, 0) is 0 Å². The van der Waals surface area contributed by atoms with E-state index in [0.29, 0.717) is 17.7 Å². The van der Waals surface area contributed by atoms with Gasteiger partial charge in [-0.25, -0.2) is 0 Å². The molecule has 0 spiro atoms. The van der Waals surface area contributed by atoms with Crippen molar-refractivity contribution >= 4 is 40.7 Å². The Morgan fingerprint density at radius 2 is 1.86 bits per heavy atom. The van der Waals surface area contributed by atoms with Crippen molar-refractivity contribution in [1.29, 1.82) is 0 Å². The first-order valence-corrected chi connectivity index (χ1v) is 7.99. The number of rotatable bonds is 3. The monoisotopic (exact) mass is 396 g/mol. The Kier molecular flexibility index (Phi) is 7.79. The standard InChI is InChI=1S/C15H21BrN2O.2ClH/c16-13-6-2-5-12(15(13)19)14(11-3-1-4-11)18-9-7-17-8-10-18;;/h2,5-6,11,14,17,19H,1,3-4,7-10H2;2*1H/t14-;;/m0../s1. The highest BCUT2D eigenvalue weighted by Gasteiger charge is 2.35. The van der Waals surface area contributed by atoms with E-state index in [-0.39, 0.29) is 24.8 Å². The highest BCUT2D eigenvalue weighted by Crippen LogP contribution is 2.45. The molecule has 0 radical (unpaired) electrons. The van der Waals surface area contributed by atoms with E-state index in [1.54, 1.807) is 0 Å². The van der Waals surface area contributed by atoms with E-state index in [1.807, 2.05) is 12.1 Å². The largest absolute Gasteiger partial charge is 0.506 e. The Hall–Kier alpha value is -0.000000000000000153. The Balaban J connectivity index is 0.00000110. The SMILES string of the molecule is Cl.Cl.Oc1c(Br)cccc1[C@H](C1CCC1)N1CCNCC1. The van der Waals surface area contributed by atoms with Gasteiger partial charge in [0.15, 0.2) is 0 Å². The van der Waals surface area contributed by atoms with E-state index in [2.05, 4.69) is 32.2 Å². The van der Waals surface area contributed by atoms with E-state index < -0.39 is 0 Å². The number of para-hydroxylation sites is 1. The maximum Gasteiger partial charge on any atom is 0.134 e. The number of hydrogen-bond acceptors (Lipinski definition) is 3. The van der Waals surface area contributed by atoms with Crippen LogP contribution in [0.2, 0.25) is 0 Å². The van der Waals surface area contributed by atoms with Crippen LogP contribution < -0.4 is 5.32 Å². The number of nitrogens with one attached hydrogen (secondary N) is 1. The summed E-state index contributed by atoms with van der Waals surface area (Å²) in [6.07, 6.45) is 3.92. The fourth-order valence-corrected chi connectivity index (χ4v) is 3.62. The predicted octanol–water partition coefficient (Wildman–Crippen LogP) is 3.74. The smallest absolute Gasteiger partial charge is 0.134 e. The molecule has 0 bridgehead atoms. The molecule has 1 aliphatic carbocycles. The molecule has 3 nitrogen and oxygen atoms in total. The summed E-state index contributed by atoms with van der Waals surface area (Å²) in [5.74, 6) is 1.14. The summed E-state index contributed by atoms with van der Waals surface area (Å²) in [6, 6.07) is 6.42. The zero-order chi connectivity index (χ0) is 13.2. The Bertz CT molecular complexity index is 451. The van der Waals surface area contributed by atoms with E-state index in [9.17, 15) is 5.11 Å². The van der Waals surface area contributed by atoms with Crippen molar-refractivity contribution in [2.24, 2.45) is 5.92 Å². The molecule has 1 aromatic carbocycles. The van der Waals surface area contributed by atoms with Crippen molar-refractivity contribution in [3.8, 4) is 5.75 Å². The molecule has 0 amide bonds. The number of benzene rings is 1. The van der Waals surface area contributed by atoms with Crippen LogP contribution in [0.4, 0.5) is 0 Å². The number of aromatic hydroxyl groups is 1. The van der Waals surface area contributed by atoms with Crippen LogP contribution in [-0.4, -0.2) is 36.2 Å². The molecule has 6 heteroatoms. The van der Waals surface area contributed by atoms with Crippen molar-refractivity contribution in [1.82, 2.24) is 10.2 Å². The molecule has 1 saturated heterocycles. The Morgan fingerprint density at radius 3 is 2.43 bits per heavy atom. The molecule has 0 unspecified atom stereocenters. The van der Waals surface area contributed by atoms with Crippen LogP contribution in [0.15, 0.2) is 22.7 Å². The highest BCUT2D eigenvalue weighted by atomic mass is 79.9.